The molecule has 0 atom stereocenters. The third-order valence-corrected chi connectivity index (χ3v) is 6.94. The van der Waals surface area contributed by atoms with Crippen LogP contribution in [0, 0.1) is 0 Å². The molecule has 2 saturated heterocycles. The molecule has 3 N–H and O–H groups in total. The van der Waals surface area contributed by atoms with Gasteiger partial charge in [-0.1, -0.05) is 39.0 Å². The number of carbonyl (C=O) groups excluding carboxylic acids is 4. The fraction of sp³-hybridized carbons (Fsp3) is 0.583. The van der Waals surface area contributed by atoms with Crippen LogP contribution in [0.3, 0.4) is 0 Å². The van der Waals surface area contributed by atoms with Crippen LogP contribution in [0.5, 0.6) is 0 Å². The third-order valence-electron chi connectivity index (χ3n) is 6.94. The van der Waals surface area contributed by atoms with Crippen LogP contribution in [0.4, 0.5) is 10.5 Å². The molecule has 4 amide bonds. The van der Waals surface area contributed by atoms with Gasteiger partial charge < -0.3 is 5.32 Å². The number of hydrogen-bond acceptors (Lipinski definition) is 5. The molecular weight excluding hydrogens is 408 g/mol. The van der Waals surface area contributed by atoms with Crippen molar-refractivity contribution in [3.63, 3.8) is 0 Å². The van der Waals surface area contributed by atoms with E-state index in [1.54, 1.807) is 12.1 Å². The maximum Gasteiger partial charge on any atom is 0.328 e. The van der Waals surface area contributed by atoms with Crippen LogP contribution < -0.4 is 20.4 Å². The fourth-order valence-corrected chi connectivity index (χ4v) is 5.16. The van der Waals surface area contributed by atoms with Crippen molar-refractivity contribution in [1.29, 1.82) is 0 Å². The molecule has 1 aromatic carbocycles. The van der Waals surface area contributed by atoms with Crippen LogP contribution in [0.15, 0.2) is 24.3 Å². The Morgan fingerprint density at radius 2 is 1.47 bits per heavy atom. The lowest BCUT2D eigenvalue weighted by Crippen LogP contribution is -2.83. The van der Waals surface area contributed by atoms with E-state index in [9.17, 15) is 19.2 Å². The first-order chi connectivity index (χ1) is 15.4. The molecule has 8 nitrogen and oxygen atoms in total. The molecule has 0 radical (unpaired) electrons. The SMILES string of the molecule is CCCCCCCCC1([N+]2(c3ccc(C(C)=O)cc3)CCNCC2)C(=O)NC(=O)NC1=O. The highest BCUT2D eigenvalue weighted by Crippen LogP contribution is 2.39. The number of rotatable bonds is 10. The van der Waals surface area contributed by atoms with E-state index in [2.05, 4.69) is 22.9 Å². The van der Waals surface area contributed by atoms with E-state index >= 15 is 0 Å². The Bertz CT molecular complexity index is 839. The number of hydrogen-bond donors (Lipinski definition) is 3. The second-order valence-corrected chi connectivity index (χ2v) is 8.88. The smallest absolute Gasteiger partial charge is 0.306 e. The van der Waals surface area contributed by atoms with Gasteiger partial charge in [-0.3, -0.25) is 29.5 Å². The molecule has 2 aliphatic heterocycles. The third kappa shape index (κ3) is 4.47. The quantitative estimate of drug-likeness (QED) is 0.223. The van der Waals surface area contributed by atoms with Gasteiger partial charge in [0, 0.05) is 25.1 Å². The molecule has 0 unspecified atom stereocenters. The minimum Gasteiger partial charge on any atom is -0.306 e. The topological polar surface area (TPSA) is 104 Å². The molecule has 2 aliphatic rings. The predicted octanol–water partition coefficient (Wildman–Crippen LogP) is 2.66. The number of piperazine rings is 1. The van der Waals surface area contributed by atoms with E-state index in [4.69, 9.17) is 0 Å². The summed E-state index contributed by atoms with van der Waals surface area (Å²) in [6.07, 6.45) is 6.53. The number of urea groups is 1. The van der Waals surface area contributed by atoms with E-state index in [-0.39, 0.29) is 10.3 Å². The lowest BCUT2D eigenvalue weighted by molar-refractivity contribution is -0.148. The highest BCUT2D eigenvalue weighted by Gasteiger charge is 2.65. The number of nitrogens with zero attached hydrogens (tertiary/aromatic N) is 1. The predicted molar refractivity (Wildman–Crippen MR) is 123 cm³/mol. The molecule has 1 aromatic rings. The molecule has 32 heavy (non-hydrogen) atoms. The maximum atomic E-state index is 13.5. The Labute approximate surface area is 189 Å². The van der Waals surface area contributed by atoms with Crippen molar-refractivity contribution in [2.45, 2.75) is 64.3 Å². The minimum absolute atomic E-state index is 0.0380. The minimum atomic E-state index is -1.43. The number of barbiturate groups is 1. The summed E-state index contributed by atoms with van der Waals surface area (Å²) in [5.74, 6) is -1.10. The molecule has 0 saturated carbocycles. The zero-order valence-electron chi connectivity index (χ0n) is 19.2. The van der Waals surface area contributed by atoms with Crippen molar-refractivity contribution in [3.05, 3.63) is 29.8 Å². The van der Waals surface area contributed by atoms with Crippen molar-refractivity contribution in [3.8, 4) is 0 Å². The second kappa shape index (κ2) is 10.4. The van der Waals surface area contributed by atoms with Gasteiger partial charge in [-0.25, -0.2) is 4.79 Å². The summed E-state index contributed by atoms with van der Waals surface area (Å²) in [4.78, 5) is 50.7. The zero-order valence-corrected chi connectivity index (χ0v) is 19.2. The Morgan fingerprint density at radius 1 is 0.906 bits per heavy atom. The second-order valence-electron chi connectivity index (χ2n) is 8.88. The lowest BCUT2D eigenvalue weighted by atomic mass is 9.82. The van der Waals surface area contributed by atoms with Crippen molar-refractivity contribution < 1.29 is 19.2 Å². The number of quaternary nitrogens is 1. The molecule has 0 aromatic heterocycles. The van der Waals surface area contributed by atoms with Crippen molar-refractivity contribution in [1.82, 2.24) is 20.4 Å². The van der Waals surface area contributed by atoms with E-state index in [0.29, 0.717) is 38.2 Å². The fourth-order valence-electron chi connectivity index (χ4n) is 5.16. The summed E-state index contributed by atoms with van der Waals surface area (Å²) in [5.41, 5.74) is -0.0414. The summed E-state index contributed by atoms with van der Waals surface area (Å²) in [5, 5.41) is 8.09. The Hall–Kier alpha value is -2.58. The number of amides is 4. The summed E-state index contributed by atoms with van der Waals surface area (Å²) in [7, 11) is 0. The van der Waals surface area contributed by atoms with Crippen LogP contribution in [0.25, 0.3) is 0 Å². The van der Waals surface area contributed by atoms with E-state index in [0.717, 1.165) is 37.8 Å². The number of imide groups is 2. The number of nitrogens with one attached hydrogen (secondary N) is 3. The van der Waals surface area contributed by atoms with Crippen molar-refractivity contribution in [2.75, 3.05) is 26.2 Å². The van der Waals surface area contributed by atoms with Gasteiger partial charge in [-0.15, -0.1) is 0 Å². The van der Waals surface area contributed by atoms with Crippen LogP contribution in [-0.4, -0.2) is 55.3 Å². The van der Waals surface area contributed by atoms with Gasteiger partial charge in [-0.2, -0.15) is 0 Å². The first-order valence-electron chi connectivity index (χ1n) is 11.7. The number of Topliss-reactive ketones (excluding diaryl/α,β-unsaturated/α-hetero) is 1. The molecule has 0 spiro atoms. The molecule has 3 rings (SSSR count). The average Bonchev–Trinajstić information content (AvgIpc) is 2.78. The van der Waals surface area contributed by atoms with Gasteiger partial charge in [0.2, 0.25) is 0 Å². The van der Waals surface area contributed by atoms with Crippen LogP contribution in [0.2, 0.25) is 0 Å². The standard InChI is InChI=1S/C24H34N4O4/c1-3-4-5-6-7-8-13-24(21(30)26-23(32)27-22(24)31)28(16-14-25-15-17-28)20-11-9-19(10-12-20)18(2)29/h9-12,25H,3-8,13-17H2,1-2H3,(H-,26,27,30,31,32)/p+1. The molecular formula is C24H35N4O4+. The van der Waals surface area contributed by atoms with Crippen molar-refractivity contribution >= 4 is 29.3 Å². The first-order valence-corrected chi connectivity index (χ1v) is 11.7. The highest BCUT2D eigenvalue weighted by atomic mass is 16.2. The Kier molecular flexibility index (Phi) is 7.79. The van der Waals surface area contributed by atoms with Crippen LogP contribution >= 0.6 is 0 Å². The van der Waals surface area contributed by atoms with Gasteiger partial charge in [0.15, 0.2) is 5.78 Å². The normalized spacial score (nSPS) is 19.9. The van der Waals surface area contributed by atoms with Crippen LogP contribution in [0.1, 0.15) is 69.2 Å². The summed E-state index contributed by atoms with van der Waals surface area (Å²) in [6.45, 7) is 6.02. The maximum absolute atomic E-state index is 13.5. The van der Waals surface area contributed by atoms with Gasteiger partial charge in [0.05, 0.1) is 13.1 Å². The van der Waals surface area contributed by atoms with E-state index in [1.165, 1.54) is 13.3 Å². The highest BCUT2D eigenvalue weighted by molar-refractivity contribution is 6.23. The molecule has 174 valence electrons. The number of ketones is 1. The summed E-state index contributed by atoms with van der Waals surface area (Å²) >= 11 is 0. The summed E-state index contributed by atoms with van der Waals surface area (Å²) in [6, 6.07) is 6.44. The Balaban J connectivity index is 2.02. The van der Waals surface area contributed by atoms with Crippen LogP contribution in [-0.2, 0) is 9.59 Å². The van der Waals surface area contributed by atoms with Gasteiger partial charge in [0.1, 0.15) is 5.69 Å². The van der Waals surface area contributed by atoms with Gasteiger partial charge in [-0.05, 0) is 37.6 Å². The largest absolute Gasteiger partial charge is 0.328 e. The Morgan fingerprint density at radius 3 is 2.03 bits per heavy atom. The summed E-state index contributed by atoms with van der Waals surface area (Å²) < 4.78 is 0.137. The number of unbranched alkanes of at least 4 members (excludes halogenated alkanes) is 5. The van der Waals surface area contributed by atoms with Gasteiger partial charge in [0.25, 0.3) is 17.4 Å². The number of benzene rings is 1. The van der Waals surface area contributed by atoms with Gasteiger partial charge >= 0.3 is 6.03 Å². The lowest BCUT2D eigenvalue weighted by Gasteiger charge is -2.53. The molecule has 8 heteroatoms. The number of carbonyl (C=O) groups is 4. The molecule has 2 heterocycles. The first kappa shape index (κ1) is 24.1. The molecule has 0 aliphatic carbocycles. The monoisotopic (exact) mass is 443 g/mol. The molecule has 0 bridgehead atoms. The van der Waals surface area contributed by atoms with E-state index in [1.807, 2.05) is 12.1 Å². The van der Waals surface area contributed by atoms with Crippen molar-refractivity contribution in [2.24, 2.45) is 0 Å². The zero-order chi connectivity index (χ0) is 23.2. The van der Waals surface area contributed by atoms with E-state index < -0.39 is 23.4 Å². The molecule has 2 fully saturated rings. The average molecular weight is 444 g/mol.